The monoisotopic (exact) mass is 364 g/mol. The first-order valence-corrected chi connectivity index (χ1v) is 9.94. The van der Waals surface area contributed by atoms with Crippen LogP contribution in [0.1, 0.15) is 25.8 Å². The molecule has 1 aliphatic heterocycles. The van der Waals surface area contributed by atoms with Crippen molar-refractivity contribution in [3.05, 3.63) is 66.5 Å². The molecule has 1 atom stereocenters. The summed E-state index contributed by atoms with van der Waals surface area (Å²) in [6, 6.07) is 17.9. The summed E-state index contributed by atoms with van der Waals surface area (Å²) >= 11 is 0. The molecule has 1 fully saturated rings. The predicted octanol–water partition coefficient (Wildman–Crippen LogP) is 4.59. The van der Waals surface area contributed by atoms with Crippen LogP contribution in [0.5, 0.6) is 0 Å². The summed E-state index contributed by atoms with van der Waals surface area (Å²) in [4.78, 5) is 4.93. The van der Waals surface area contributed by atoms with Crippen molar-refractivity contribution >= 4 is 17.1 Å². The molecule has 2 aromatic rings. The number of hydrogen-bond acceptors (Lipinski definition) is 4. The van der Waals surface area contributed by atoms with Crippen LogP contribution in [0.4, 0.5) is 17.1 Å². The quantitative estimate of drug-likeness (QED) is 0.752. The number of piperazine rings is 1. The maximum atomic E-state index is 4.05. The Morgan fingerprint density at radius 1 is 0.926 bits per heavy atom. The molecule has 0 bridgehead atoms. The highest BCUT2D eigenvalue weighted by atomic mass is 15.3. The van der Waals surface area contributed by atoms with Crippen LogP contribution in [-0.2, 0) is 0 Å². The van der Waals surface area contributed by atoms with Crippen molar-refractivity contribution in [2.24, 2.45) is 0 Å². The second kappa shape index (κ2) is 8.85. The lowest BCUT2D eigenvalue weighted by atomic mass is 10.2. The molecule has 1 heterocycles. The lowest BCUT2D eigenvalue weighted by Gasteiger charge is -2.37. The molecule has 1 unspecified atom stereocenters. The number of rotatable bonds is 7. The van der Waals surface area contributed by atoms with Gasteiger partial charge in [0.1, 0.15) is 0 Å². The fraction of sp³-hybridized carbons (Fsp3) is 0.391. The normalized spacial score (nSPS) is 15.4. The molecule has 144 valence electrons. The van der Waals surface area contributed by atoms with E-state index in [0.717, 1.165) is 44.1 Å². The van der Waals surface area contributed by atoms with E-state index in [1.54, 1.807) is 0 Å². The van der Waals surface area contributed by atoms with Crippen LogP contribution in [0.25, 0.3) is 0 Å². The smallest absolute Gasteiger partial charge is 0.0959 e. The maximum absolute atomic E-state index is 4.05. The summed E-state index contributed by atoms with van der Waals surface area (Å²) in [5.41, 5.74) is 4.99. The van der Waals surface area contributed by atoms with Crippen LogP contribution in [0, 0.1) is 6.92 Å². The van der Waals surface area contributed by atoms with E-state index in [9.17, 15) is 0 Å². The number of nitrogens with one attached hydrogen (secondary N) is 2. The second-order valence-corrected chi connectivity index (χ2v) is 7.41. The van der Waals surface area contributed by atoms with Crippen LogP contribution in [0.3, 0.4) is 0 Å². The second-order valence-electron chi connectivity index (χ2n) is 7.41. The van der Waals surface area contributed by atoms with E-state index in [-0.39, 0.29) is 0 Å². The van der Waals surface area contributed by atoms with Crippen molar-refractivity contribution < 1.29 is 0 Å². The van der Waals surface area contributed by atoms with Gasteiger partial charge in [0.05, 0.1) is 5.82 Å². The largest absolute Gasteiger partial charge is 0.370 e. The zero-order chi connectivity index (χ0) is 19.2. The maximum Gasteiger partial charge on any atom is 0.0959 e. The number of benzene rings is 2. The molecule has 0 aromatic heterocycles. The molecule has 1 saturated heterocycles. The number of nitrogens with zero attached hydrogens (tertiary/aromatic N) is 2. The predicted molar refractivity (Wildman–Crippen MR) is 118 cm³/mol. The molecule has 0 spiro atoms. The minimum Gasteiger partial charge on any atom is -0.370 e. The van der Waals surface area contributed by atoms with E-state index in [4.69, 9.17) is 0 Å². The average Bonchev–Trinajstić information content (AvgIpc) is 2.69. The first-order chi connectivity index (χ1) is 13.0. The lowest BCUT2D eigenvalue weighted by molar-refractivity contribution is 0.599. The Morgan fingerprint density at radius 2 is 1.41 bits per heavy atom. The first-order valence-electron chi connectivity index (χ1n) is 9.94. The minimum atomic E-state index is 0.425. The molecule has 0 saturated carbocycles. The van der Waals surface area contributed by atoms with Gasteiger partial charge in [-0.25, -0.2) is 0 Å². The van der Waals surface area contributed by atoms with Gasteiger partial charge in [-0.05, 0) is 56.7 Å². The minimum absolute atomic E-state index is 0.425. The van der Waals surface area contributed by atoms with Crippen molar-refractivity contribution in [1.82, 2.24) is 5.32 Å². The van der Waals surface area contributed by atoms with Crippen molar-refractivity contribution in [3.8, 4) is 0 Å². The molecule has 2 N–H and O–H groups in total. The van der Waals surface area contributed by atoms with Crippen molar-refractivity contribution in [1.29, 1.82) is 0 Å². The van der Waals surface area contributed by atoms with E-state index in [0.29, 0.717) is 6.04 Å². The van der Waals surface area contributed by atoms with E-state index >= 15 is 0 Å². The van der Waals surface area contributed by atoms with Crippen LogP contribution in [-0.4, -0.2) is 32.2 Å². The summed E-state index contributed by atoms with van der Waals surface area (Å²) in [5.74, 6) is 0.851. The number of aryl methyl sites for hydroxylation is 1. The Balaban J connectivity index is 1.52. The zero-order valence-corrected chi connectivity index (χ0v) is 16.8. The Hall–Kier alpha value is -2.62. The molecule has 3 rings (SSSR count). The number of anilines is 3. The summed E-state index contributed by atoms with van der Waals surface area (Å²) < 4.78 is 0. The number of hydrogen-bond donors (Lipinski definition) is 2. The molecule has 4 heteroatoms. The van der Waals surface area contributed by atoms with Gasteiger partial charge >= 0.3 is 0 Å². The van der Waals surface area contributed by atoms with Gasteiger partial charge in [0, 0.05) is 49.3 Å². The highest BCUT2D eigenvalue weighted by molar-refractivity contribution is 5.58. The van der Waals surface area contributed by atoms with Gasteiger partial charge in [0.2, 0.25) is 0 Å². The van der Waals surface area contributed by atoms with Crippen LogP contribution in [0.15, 0.2) is 60.9 Å². The third-order valence-electron chi connectivity index (χ3n) is 5.24. The van der Waals surface area contributed by atoms with Gasteiger partial charge in [0.25, 0.3) is 0 Å². The Labute approximate surface area is 163 Å². The Morgan fingerprint density at radius 3 is 1.89 bits per heavy atom. The Kier molecular flexibility index (Phi) is 6.28. The zero-order valence-electron chi connectivity index (χ0n) is 16.8. The molecular formula is C23H32N4. The Bertz CT molecular complexity index is 728. The molecule has 2 aromatic carbocycles. The fourth-order valence-electron chi connectivity index (χ4n) is 3.34. The van der Waals surface area contributed by atoms with Crippen molar-refractivity contribution in [3.63, 3.8) is 0 Å². The van der Waals surface area contributed by atoms with Gasteiger partial charge in [-0.3, -0.25) is 0 Å². The van der Waals surface area contributed by atoms with Crippen LogP contribution >= 0.6 is 0 Å². The molecule has 0 radical (unpaired) electrons. The van der Waals surface area contributed by atoms with E-state index in [1.807, 2.05) is 0 Å². The summed E-state index contributed by atoms with van der Waals surface area (Å²) in [6.07, 6.45) is 1.08. The molecular weight excluding hydrogens is 332 g/mol. The molecule has 4 nitrogen and oxygen atoms in total. The molecule has 1 aliphatic rings. The highest BCUT2D eigenvalue weighted by Crippen LogP contribution is 2.22. The van der Waals surface area contributed by atoms with E-state index in [1.165, 1.54) is 16.9 Å². The summed E-state index contributed by atoms with van der Waals surface area (Å²) in [6.45, 7) is 14.7. The first kappa shape index (κ1) is 19.2. The van der Waals surface area contributed by atoms with Gasteiger partial charge in [-0.2, -0.15) is 0 Å². The van der Waals surface area contributed by atoms with Gasteiger partial charge in [-0.15, -0.1) is 0 Å². The molecule has 0 aliphatic carbocycles. The van der Waals surface area contributed by atoms with Gasteiger partial charge < -0.3 is 20.4 Å². The van der Waals surface area contributed by atoms with E-state index < -0.39 is 0 Å². The van der Waals surface area contributed by atoms with Crippen LogP contribution < -0.4 is 20.4 Å². The lowest BCUT2D eigenvalue weighted by Crippen LogP contribution is -2.46. The van der Waals surface area contributed by atoms with Gasteiger partial charge in [-0.1, -0.05) is 31.2 Å². The van der Waals surface area contributed by atoms with Crippen molar-refractivity contribution in [2.75, 3.05) is 41.3 Å². The topological polar surface area (TPSA) is 30.5 Å². The molecule has 0 amide bonds. The SMILES string of the molecule is C=C(Nc1ccc(N2CCN(c3ccc(C)cc3)CC2)cc1)NC(C)CC. The third-order valence-corrected chi connectivity index (χ3v) is 5.24. The third kappa shape index (κ3) is 5.19. The standard InChI is InChI=1S/C23H32N4/c1-5-19(3)24-20(4)25-21-8-12-23(13-9-21)27-16-14-26(15-17-27)22-10-6-18(2)7-11-22/h6-13,19,24-25H,4-5,14-17H2,1-3H3. The summed E-state index contributed by atoms with van der Waals surface area (Å²) in [5, 5.41) is 6.70. The highest BCUT2D eigenvalue weighted by Gasteiger charge is 2.17. The fourth-order valence-corrected chi connectivity index (χ4v) is 3.34. The average molecular weight is 365 g/mol. The molecule has 27 heavy (non-hydrogen) atoms. The summed E-state index contributed by atoms with van der Waals surface area (Å²) in [7, 11) is 0. The van der Waals surface area contributed by atoms with E-state index in [2.05, 4.69) is 96.3 Å². The van der Waals surface area contributed by atoms with Gasteiger partial charge in [0.15, 0.2) is 0 Å². The van der Waals surface area contributed by atoms with Crippen molar-refractivity contribution in [2.45, 2.75) is 33.2 Å². The van der Waals surface area contributed by atoms with Crippen LogP contribution in [0.2, 0.25) is 0 Å².